The predicted molar refractivity (Wildman–Crippen MR) is 93.5 cm³/mol. The second-order valence-electron chi connectivity index (χ2n) is 5.16. The van der Waals surface area contributed by atoms with E-state index in [1.807, 2.05) is 6.92 Å². The number of amides is 3. The lowest BCUT2D eigenvalue weighted by molar-refractivity contribution is 0.1000. The Bertz CT molecular complexity index is 719. The zero-order valence-corrected chi connectivity index (χ0v) is 13.8. The Kier molecular flexibility index (Phi) is 6.03. The number of anilines is 1. The van der Waals surface area contributed by atoms with Crippen LogP contribution in [0.15, 0.2) is 48.5 Å². The number of hydrogen-bond acceptors (Lipinski definition) is 3. The highest BCUT2D eigenvalue weighted by Gasteiger charge is 2.08. The maximum atomic E-state index is 11.9. The van der Waals surface area contributed by atoms with Gasteiger partial charge in [-0.2, -0.15) is 0 Å². The summed E-state index contributed by atoms with van der Waals surface area (Å²) in [6.07, 6.45) is -0.228. The zero-order chi connectivity index (χ0) is 17.5. The molecule has 0 fully saturated rings. The molecular weight excluding hydrogens is 330 g/mol. The summed E-state index contributed by atoms with van der Waals surface area (Å²) < 4.78 is 5.66. The molecule has 1 atom stereocenters. The second-order valence-corrected chi connectivity index (χ2v) is 5.60. The van der Waals surface area contributed by atoms with E-state index in [1.165, 1.54) is 6.07 Å². The van der Waals surface area contributed by atoms with Crippen molar-refractivity contribution in [2.75, 3.05) is 11.9 Å². The van der Waals surface area contributed by atoms with Crippen LogP contribution < -0.4 is 21.1 Å². The Morgan fingerprint density at radius 3 is 2.58 bits per heavy atom. The Morgan fingerprint density at radius 1 is 1.21 bits per heavy atom. The highest BCUT2D eigenvalue weighted by atomic mass is 35.5. The minimum absolute atomic E-state index is 0.228. The lowest BCUT2D eigenvalue weighted by Gasteiger charge is -2.16. The highest BCUT2D eigenvalue weighted by Crippen LogP contribution is 2.16. The summed E-state index contributed by atoms with van der Waals surface area (Å²) in [5.74, 6) is 0.118. The maximum Gasteiger partial charge on any atom is 0.319 e. The van der Waals surface area contributed by atoms with Crippen molar-refractivity contribution in [2.24, 2.45) is 5.73 Å². The summed E-state index contributed by atoms with van der Waals surface area (Å²) >= 11 is 5.81. The molecule has 0 aromatic heterocycles. The van der Waals surface area contributed by atoms with E-state index in [0.29, 0.717) is 28.6 Å². The molecule has 0 heterocycles. The van der Waals surface area contributed by atoms with Gasteiger partial charge < -0.3 is 21.1 Å². The smallest absolute Gasteiger partial charge is 0.319 e. The molecule has 0 saturated heterocycles. The maximum absolute atomic E-state index is 11.9. The molecule has 4 N–H and O–H groups in total. The van der Waals surface area contributed by atoms with E-state index in [1.54, 1.807) is 42.5 Å². The van der Waals surface area contributed by atoms with Crippen LogP contribution >= 0.6 is 11.6 Å². The van der Waals surface area contributed by atoms with E-state index in [0.717, 1.165) is 0 Å². The molecule has 0 aliphatic rings. The summed E-state index contributed by atoms with van der Waals surface area (Å²) in [4.78, 5) is 23.0. The standard InChI is InChI=1S/C17H18ClN3O3/c1-11(24-15-7-5-13(18)6-8-15)10-20-17(23)21-14-4-2-3-12(9-14)16(19)22/h2-9,11H,10H2,1H3,(H2,19,22)(H2,20,21,23)/t11-/m0/s1. The van der Waals surface area contributed by atoms with Gasteiger partial charge >= 0.3 is 6.03 Å². The molecule has 0 unspecified atom stereocenters. The van der Waals surface area contributed by atoms with Crippen LogP contribution in [-0.2, 0) is 0 Å². The lowest BCUT2D eigenvalue weighted by atomic mass is 10.2. The number of rotatable bonds is 6. The molecule has 126 valence electrons. The fraction of sp³-hybridized carbons (Fsp3) is 0.176. The average molecular weight is 348 g/mol. The summed E-state index contributed by atoms with van der Waals surface area (Å²) in [6, 6.07) is 13.0. The number of halogens is 1. The van der Waals surface area contributed by atoms with E-state index >= 15 is 0 Å². The number of benzene rings is 2. The molecule has 0 spiro atoms. The summed E-state index contributed by atoms with van der Waals surface area (Å²) in [6.45, 7) is 2.15. The first-order chi connectivity index (χ1) is 11.4. The van der Waals surface area contributed by atoms with Crippen molar-refractivity contribution in [1.29, 1.82) is 0 Å². The quantitative estimate of drug-likeness (QED) is 0.749. The van der Waals surface area contributed by atoms with E-state index in [4.69, 9.17) is 22.1 Å². The first-order valence-electron chi connectivity index (χ1n) is 7.31. The van der Waals surface area contributed by atoms with Gasteiger partial charge in [-0.05, 0) is 49.4 Å². The minimum Gasteiger partial charge on any atom is -0.489 e. The number of carbonyl (C=O) groups excluding carboxylic acids is 2. The molecule has 7 heteroatoms. The highest BCUT2D eigenvalue weighted by molar-refractivity contribution is 6.30. The van der Waals surface area contributed by atoms with Gasteiger partial charge in [-0.25, -0.2) is 4.79 Å². The van der Waals surface area contributed by atoms with Crippen molar-refractivity contribution in [1.82, 2.24) is 5.32 Å². The summed E-state index contributed by atoms with van der Waals surface area (Å²) in [5, 5.41) is 5.96. The van der Waals surface area contributed by atoms with Crippen LogP contribution in [-0.4, -0.2) is 24.6 Å². The molecule has 0 bridgehead atoms. The fourth-order valence-electron chi connectivity index (χ4n) is 1.95. The van der Waals surface area contributed by atoms with Crippen LogP contribution in [0.4, 0.5) is 10.5 Å². The molecule has 0 saturated carbocycles. The van der Waals surface area contributed by atoms with Crippen LogP contribution in [0.5, 0.6) is 5.75 Å². The first-order valence-corrected chi connectivity index (χ1v) is 7.69. The van der Waals surface area contributed by atoms with Gasteiger partial charge in [-0.1, -0.05) is 17.7 Å². The Hall–Kier alpha value is -2.73. The van der Waals surface area contributed by atoms with Crippen LogP contribution in [0.25, 0.3) is 0 Å². The summed E-state index contributed by atoms with van der Waals surface area (Å²) in [5.41, 5.74) is 6.01. The van der Waals surface area contributed by atoms with Crippen LogP contribution in [0.3, 0.4) is 0 Å². The van der Waals surface area contributed by atoms with Crippen molar-refractivity contribution >= 4 is 29.2 Å². The van der Waals surface area contributed by atoms with Gasteiger partial charge in [0.1, 0.15) is 11.9 Å². The van der Waals surface area contributed by atoms with E-state index in [9.17, 15) is 9.59 Å². The third kappa shape index (κ3) is 5.48. The summed E-state index contributed by atoms with van der Waals surface area (Å²) in [7, 11) is 0. The van der Waals surface area contributed by atoms with Gasteiger partial charge in [-0.3, -0.25) is 4.79 Å². The van der Waals surface area contributed by atoms with Crippen molar-refractivity contribution in [3.63, 3.8) is 0 Å². The monoisotopic (exact) mass is 347 g/mol. The second kappa shape index (κ2) is 8.21. The fourth-order valence-corrected chi connectivity index (χ4v) is 2.08. The Morgan fingerprint density at radius 2 is 1.92 bits per heavy atom. The molecule has 2 rings (SSSR count). The number of hydrogen-bond donors (Lipinski definition) is 3. The van der Waals surface area contributed by atoms with Crippen LogP contribution in [0.1, 0.15) is 17.3 Å². The third-order valence-electron chi connectivity index (χ3n) is 3.11. The minimum atomic E-state index is -0.552. The number of carbonyl (C=O) groups is 2. The topological polar surface area (TPSA) is 93.5 Å². The molecule has 0 radical (unpaired) electrons. The number of nitrogens with one attached hydrogen (secondary N) is 2. The van der Waals surface area contributed by atoms with Crippen LogP contribution in [0, 0.1) is 0 Å². The zero-order valence-electron chi connectivity index (χ0n) is 13.1. The number of urea groups is 1. The van der Waals surface area contributed by atoms with Gasteiger partial charge in [0.05, 0.1) is 6.54 Å². The van der Waals surface area contributed by atoms with Crippen molar-refractivity contribution in [2.45, 2.75) is 13.0 Å². The largest absolute Gasteiger partial charge is 0.489 e. The van der Waals surface area contributed by atoms with Crippen molar-refractivity contribution < 1.29 is 14.3 Å². The van der Waals surface area contributed by atoms with Gasteiger partial charge in [-0.15, -0.1) is 0 Å². The number of nitrogens with two attached hydrogens (primary N) is 1. The number of ether oxygens (including phenoxy) is 1. The van der Waals surface area contributed by atoms with E-state index in [-0.39, 0.29) is 6.10 Å². The molecule has 0 aliphatic carbocycles. The molecule has 3 amide bonds. The first kappa shape index (κ1) is 17.6. The molecule has 0 aliphatic heterocycles. The van der Waals surface area contributed by atoms with E-state index < -0.39 is 11.9 Å². The average Bonchev–Trinajstić information content (AvgIpc) is 2.55. The molecular formula is C17H18ClN3O3. The Labute approximate surface area is 144 Å². The van der Waals surface area contributed by atoms with Gasteiger partial charge in [0.15, 0.2) is 0 Å². The van der Waals surface area contributed by atoms with E-state index in [2.05, 4.69) is 10.6 Å². The molecule has 2 aromatic rings. The van der Waals surface area contributed by atoms with Crippen molar-refractivity contribution in [3.8, 4) is 5.75 Å². The lowest BCUT2D eigenvalue weighted by Crippen LogP contribution is -2.36. The SMILES string of the molecule is C[C@@H](CNC(=O)Nc1cccc(C(N)=O)c1)Oc1ccc(Cl)cc1. The normalized spacial score (nSPS) is 11.4. The molecule has 2 aromatic carbocycles. The van der Waals surface area contributed by atoms with Gasteiger partial charge in [0.2, 0.25) is 5.91 Å². The third-order valence-corrected chi connectivity index (χ3v) is 3.36. The predicted octanol–water partition coefficient (Wildman–Crippen LogP) is 3.03. The van der Waals surface area contributed by atoms with Gasteiger partial charge in [0, 0.05) is 16.3 Å². The van der Waals surface area contributed by atoms with Crippen LogP contribution in [0.2, 0.25) is 5.02 Å². The Balaban J connectivity index is 1.81. The van der Waals surface area contributed by atoms with Crippen molar-refractivity contribution in [3.05, 3.63) is 59.1 Å². The van der Waals surface area contributed by atoms with Gasteiger partial charge in [0.25, 0.3) is 0 Å². The molecule has 24 heavy (non-hydrogen) atoms. The molecule has 6 nitrogen and oxygen atoms in total. The number of primary amides is 1.